The largest absolute Gasteiger partial charge is 0.300 e. The minimum Gasteiger partial charge on any atom is -0.300 e. The molecule has 1 aromatic carbocycles. The molecule has 0 aliphatic heterocycles. The average Bonchev–Trinajstić information content (AvgIpc) is 2.83. The van der Waals surface area contributed by atoms with E-state index in [0.717, 1.165) is 11.4 Å². The van der Waals surface area contributed by atoms with E-state index < -0.39 is 21.5 Å². The van der Waals surface area contributed by atoms with Crippen molar-refractivity contribution >= 4 is 32.2 Å². The molecule has 0 bridgehead atoms. The van der Waals surface area contributed by atoms with Crippen LogP contribution in [0, 0.1) is 5.41 Å². The van der Waals surface area contributed by atoms with Gasteiger partial charge in [-0.15, -0.1) is 10.2 Å². The fourth-order valence-corrected chi connectivity index (χ4v) is 4.08. The molecule has 0 radical (unpaired) electrons. The summed E-state index contributed by atoms with van der Waals surface area (Å²) in [5.74, 6) is -1.24. The van der Waals surface area contributed by atoms with Crippen molar-refractivity contribution in [1.29, 1.82) is 0 Å². The van der Waals surface area contributed by atoms with Crippen LogP contribution < -0.4 is 5.32 Å². The fourth-order valence-electron chi connectivity index (χ4n) is 1.87. The van der Waals surface area contributed by atoms with Crippen LogP contribution in [0.5, 0.6) is 0 Å². The minimum atomic E-state index is -3.66. The molecule has 0 aliphatic carbocycles. The quantitative estimate of drug-likeness (QED) is 0.892. The second-order valence-corrected chi connectivity index (χ2v) is 9.41. The van der Waals surface area contributed by atoms with Crippen molar-refractivity contribution in [1.82, 2.24) is 10.2 Å². The molecule has 124 valence electrons. The molecule has 0 fully saturated rings. The summed E-state index contributed by atoms with van der Waals surface area (Å²) in [5, 5.41) is 11.5. The van der Waals surface area contributed by atoms with Gasteiger partial charge in [-0.1, -0.05) is 50.3 Å². The summed E-state index contributed by atoms with van der Waals surface area (Å²) < 4.78 is 24.3. The first-order chi connectivity index (χ1) is 10.7. The van der Waals surface area contributed by atoms with E-state index in [4.69, 9.17) is 0 Å². The van der Waals surface area contributed by atoms with E-state index in [0.29, 0.717) is 5.13 Å². The third-order valence-corrected chi connectivity index (χ3v) is 5.29. The molecule has 0 unspecified atom stereocenters. The van der Waals surface area contributed by atoms with Gasteiger partial charge in [-0.25, -0.2) is 8.42 Å². The van der Waals surface area contributed by atoms with Crippen LogP contribution in [0.25, 0.3) is 0 Å². The van der Waals surface area contributed by atoms with Gasteiger partial charge in [-0.3, -0.25) is 10.1 Å². The standard InChI is InChI=1S/C15H19N3O3S2/c1-15(2,3)9-13-17-18-14(22-13)16-12(19)10-23(20,21)11-7-5-4-6-8-11/h4-8H,9-10H2,1-3H3,(H,16,18,19). The molecule has 6 nitrogen and oxygen atoms in total. The van der Waals surface area contributed by atoms with Crippen LogP contribution in [-0.2, 0) is 21.1 Å². The van der Waals surface area contributed by atoms with E-state index in [-0.39, 0.29) is 10.3 Å². The highest BCUT2D eigenvalue weighted by atomic mass is 32.2. The predicted molar refractivity (Wildman–Crippen MR) is 90.2 cm³/mol. The smallest absolute Gasteiger partial charge is 0.241 e. The highest BCUT2D eigenvalue weighted by molar-refractivity contribution is 7.92. The number of rotatable bonds is 5. The highest BCUT2D eigenvalue weighted by Gasteiger charge is 2.21. The van der Waals surface area contributed by atoms with Gasteiger partial charge in [0.1, 0.15) is 10.8 Å². The molecule has 23 heavy (non-hydrogen) atoms. The molecule has 2 aromatic rings. The van der Waals surface area contributed by atoms with Gasteiger partial charge in [-0.05, 0) is 17.5 Å². The first-order valence-corrected chi connectivity index (χ1v) is 9.53. The molecule has 0 aliphatic rings. The second kappa shape index (κ2) is 6.76. The molecular formula is C15H19N3O3S2. The summed E-state index contributed by atoms with van der Waals surface area (Å²) >= 11 is 1.26. The van der Waals surface area contributed by atoms with Gasteiger partial charge in [0.25, 0.3) is 0 Å². The fraction of sp³-hybridized carbons (Fsp3) is 0.400. The molecule has 0 atom stereocenters. The van der Waals surface area contributed by atoms with E-state index in [9.17, 15) is 13.2 Å². The van der Waals surface area contributed by atoms with Crippen LogP contribution in [0.2, 0.25) is 0 Å². The number of hydrogen-bond acceptors (Lipinski definition) is 6. The number of anilines is 1. The Morgan fingerprint density at radius 3 is 2.43 bits per heavy atom. The molecule has 0 saturated carbocycles. The summed E-state index contributed by atoms with van der Waals surface area (Å²) in [6.45, 7) is 6.25. The summed E-state index contributed by atoms with van der Waals surface area (Å²) in [6.07, 6.45) is 0.739. The zero-order valence-electron chi connectivity index (χ0n) is 13.2. The van der Waals surface area contributed by atoms with Crippen molar-refractivity contribution in [3.63, 3.8) is 0 Å². The number of aromatic nitrogens is 2. The lowest BCUT2D eigenvalue weighted by Crippen LogP contribution is -2.22. The van der Waals surface area contributed by atoms with Crippen LogP contribution in [-0.4, -0.2) is 30.3 Å². The zero-order chi connectivity index (χ0) is 17.1. The lowest BCUT2D eigenvalue weighted by atomic mass is 9.93. The number of hydrogen-bond donors (Lipinski definition) is 1. The zero-order valence-corrected chi connectivity index (χ0v) is 14.9. The number of carbonyl (C=O) groups excluding carboxylic acids is 1. The number of sulfone groups is 1. The van der Waals surface area contributed by atoms with Crippen molar-refractivity contribution in [3.8, 4) is 0 Å². The van der Waals surface area contributed by atoms with Gasteiger partial charge >= 0.3 is 0 Å². The van der Waals surface area contributed by atoms with E-state index in [2.05, 4.69) is 36.3 Å². The van der Waals surface area contributed by atoms with Crippen LogP contribution in [0.4, 0.5) is 5.13 Å². The summed E-state index contributed by atoms with van der Waals surface area (Å²) in [7, 11) is -3.66. The van der Waals surface area contributed by atoms with Gasteiger partial charge in [0.2, 0.25) is 11.0 Å². The van der Waals surface area contributed by atoms with Gasteiger partial charge in [0, 0.05) is 6.42 Å². The van der Waals surface area contributed by atoms with Crippen molar-refractivity contribution in [2.75, 3.05) is 11.1 Å². The Labute approximate surface area is 139 Å². The molecule has 1 heterocycles. The monoisotopic (exact) mass is 353 g/mol. The maximum atomic E-state index is 12.1. The molecule has 8 heteroatoms. The van der Waals surface area contributed by atoms with Gasteiger partial charge < -0.3 is 0 Å². The van der Waals surface area contributed by atoms with Crippen LogP contribution in [0.1, 0.15) is 25.8 Å². The van der Waals surface area contributed by atoms with E-state index >= 15 is 0 Å². The van der Waals surface area contributed by atoms with E-state index in [1.807, 2.05) is 0 Å². The number of carbonyl (C=O) groups is 1. The summed E-state index contributed by atoms with van der Waals surface area (Å²) in [4.78, 5) is 12.1. The SMILES string of the molecule is CC(C)(C)Cc1nnc(NC(=O)CS(=O)(=O)c2ccccc2)s1. The highest BCUT2D eigenvalue weighted by Crippen LogP contribution is 2.24. The van der Waals surface area contributed by atoms with E-state index in [1.165, 1.54) is 23.5 Å². The Kier molecular flexibility index (Phi) is 5.16. The first kappa shape index (κ1) is 17.6. The Balaban J connectivity index is 2.00. The predicted octanol–water partition coefficient (Wildman–Crippen LogP) is 2.54. The third kappa shape index (κ3) is 5.40. The lowest BCUT2D eigenvalue weighted by Gasteiger charge is -2.14. The maximum absolute atomic E-state index is 12.1. The first-order valence-electron chi connectivity index (χ1n) is 7.06. The van der Waals surface area contributed by atoms with Crippen LogP contribution in [0.15, 0.2) is 35.2 Å². The minimum absolute atomic E-state index is 0.0669. The lowest BCUT2D eigenvalue weighted by molar-refractivity contribution is -0.113. The number of amides is 1. The summed E-state index contributed by atoms with van der Waals surface area (Å²) in [6, 6.07) is 7.89. The molecule has 0 spiro atoms. The third-order valence-electron chi connectivity index (χ3n) is 2.82. The molecular weight excluding hydrogens is 334 g/mol. The normalized spacial score (nSPS) is 12.1. The van der Waals surface area contributed by atoms with Gasteiger partial charge in [0.05, 0.1) is 4.90 Å². The van der Waals surface area contributed by atoms with E-state index in [1.54, 1.807) is 18.2 Å². The van der Waals surface area contributed by atoms with Gasteiger partial charge in [0.15, 0.2) is 9.84 Å². The molecule has 2 rings (SSSR count). The molecule has 1 amide bonds. The van der Waals surface area contributed by atoms with Crippen LogP contribution >= 0.6 is 11.3 Å². The number of nitrogens with one attached hydrogen (secondary N) is 1. The Bertz CT molecular complexity index is 778. The molecule has 1 aromatic heterocycles. The second-order valence-electron chi connectivity index (χ2n) is 6.36. The van der Waals surface area contributed by atoms with Crippen LogP contribution in [0.3, 0.4) is 0 Å². The average molecular weight is 353 g/mol. The topological polar surface area (TPSA) is 89.0 Å². The van der Waals surface area contributed by atoms with Crippen molar-refractivity contribution in [2.24, 2.45) is 5.41 Å². The molecule has 1 N–H and O–H groups in total. The van der Waals surface area contributed by atoms with Crippen molar-refractivity contribution < 1.29 is 13.2 Å². The summed E-state index contributed by atoms with van der Waals surface area (Å²) in [5.41, 5.74) is 0.0669. The Morgan fingerprint density at radius 1 is 1.17 bits per heavy atom. The number of benzene rings is 1. The van der Waals surface area contributed by atoms with Crippen molar-refractivity contribution in [3.05, 3.63) is 35.3 Å². The van der Waals surface area contributed by atoms with Gasteiger partial charge in [-0.2, -0.15) is 0 Å². The maximum Gasteiger partial charge on any atom is 0.241 e. The Hall–Kier alpha value is -1.80. The Morgan fingerprint density at radius 2 is 1.83 bits per heavy atom. The molecule has 0 saturated heterocycles. The van der Waals surface area contributed by atoms with Crippen molar-refractivity contribution in [2.45, 2.75) is 32.1 Å². The number of nitrogens with zero attached hydrogens (tertiary/aromatic N) is 2.